The van der Waals surface area contributed by atoms with Gasteiger partial charge >= 0.3 is 0 Å². The van der Waals surface area contributed by atoms with Gasteiger partial charge in [-0.25, -0.2) is 8.42 Å². The molecule has 154 valence electrons. The Balaban J connectivity index is 2.38. The van der Waals surface area contributed by atoms with E-state index < -0.39 is 15.9 Å². The largest absolute Gasteiger partial charge is 0.496 e. The van der Waals surface area contributed by atoms with Gasteiger partial charge in [-0.15, -0.1) is 10.2 Å². The maximum atomic E-state index is 12.8. The van der Waals surface area contributed by atoms with Gasteiger partial charge in [0, 0.05) is 18.5 Å². The van der Waals surface area contributed by atoms with Gasteiger partial charge in [-0.2, -0.15) is 4.31 Å². The Hall–Kier alpha value is -2.04. The third-order valence-corrected chi connectivity index (χ3v) is 7.36. The lowest BCUT2D eigenvalue weighted by Crippen LogP contribution is -2.30. The van der Waals surface area contributed by atoms with Crippen LogP contribution in [0.15, 0.2) is 23.1 Å². The summed E-state index contributed by atoms with van der Waals surface area (Å²) < 4.78 is 32.1. The lowest BCUT2D eigenvalue weighted by molar-refractivity contribution is 0.102. The number of carbonyl (C=O) groups excluding carboxylic acids is 1. The first-order chi connectivity index (χ1) is 13.0. The highest BCUT2D eigenvalue weighted by molar-refractivity contribution is 7.89. The fourth-order valence-electron chi connectivity index (χ4n) is 2.48. The molecule has 0 aliphatic heterocycles. The molecule has 0 aliphatic carbocycles. The number of amides is 1. The van der Waals surface area contributed by atoms with E-state index in [1.165, 1.54) is 41.0 Å². The molecule has 2 rings (SSSR count). The van der Waals surface area contributed by atoms with E-state index >= 15 is 0 Å². The van der Waals surface area contributed by atoms with Crippen molar-refractivity contribution in [2.24, 2.45) is 0 Å². The Morgan fingerprint density at radius 1 is 1.21 bits per heavy atom. The van der Waals surface area contributed by atoms with Crippen molar-refractivity contribution in [3.05, 3.63) is 28.8 Å². The molecule has 0 saturated carbocycles. The predicted molar refractivity (Wildman–Crippen MR) is 110 cm³/mol. The van der Waals surface area contributed by atoms with E-state index in [4.69, 9.17) is 4.74 Å². The van der Waals surface area contributed by atoms with Gasteiger partial charge in [-0.1, -0.05) is 46.0 Å². The molecule has 8 nitrogen and oxygen atoms in total. The van der Waals surface area contributed by atoms with Gasteiger partial charge in [0.25, 0.3) is 5.91 Å². The number of nitrogens with one attached hydrogen (secondary N) is 1. The van der Waals surface area contributed by atoms with Crippen LogP contribution in [0, 0.1) is 0 Å². The third kappa shape index (κ3) is 4.68. The van der Waals surface area contributed by atoms with Gasteiger partial charge in [0.2, 0.25) is 15.2 Å². The number of anilines is 1. The second-order valence-electron chi connectivity index (χ2n) is 7.07. The van der Waals surface area contributed by atoms with E-state index in [0.717, 1.165) is 5.01 Å². The van der Waals surface area contributed by atoms with Crippen molar-refractivity contribution < 1.29 is 17.9 Å². The number of ether oxygens (including phenoxy) is 1. The van der Waals surface area contributed by atoms with E-state index in [1.807, 2.05) is 20.8 Å². The van der Waals surface area contributed by atoms with Crippen molar-refractivity contribution in [2.75, 3.05) is 25.5 Å². The van der Waals surface area contributed by atoms with Crippen molar-refractivity contribution in [3.8, 4) is 5.75 Å². The molecule has 0 aliphatic rings. The molecule has 2 aromatic rings. The van der Waals surface area contributed by atoms with Crippen LogP contribution in [0.1, 0.15) is 50.0 Å². The molecule has 1 aromatic carbocycles. The second kappa shape index (κ2) is 8.54. The van der Waals surface area contributed by atoms with E-state index in [2.05, 4.69) is 15.5 Å². The Morgan fingerprint density at radius 3 is 2.36 bits per heavy atom. The number of aromatic nitrogens is 2. The highest BCUT2D eigenvalue weighted by Gasteiger charge is 2.25. The number of nitrogens with zero attached hydrogens (tertiary/aromatic N) is 3. The number of sulfonamides is 1. The fourth-order valence-corrected chi connectivity index (χ4v) is 4.76. The normalized spacial score (nSPS) is 12.2. The molecule has 0 spiro atoms. The van der Waals surface area contributed by atoms with Crippen molar-refractivity contribution in [3.63, 3.8) is 0 Å². The highest BCUT2D eigenvalue weighted by atomic mass is 32.2. The van der Waals surface area contributed by atoms with E-state index in [0.29, 0.717) is 18.2 Å². The summed E-state index contributed by atoms with van der Waals surface area (Å²) in [6.45, 7) is 10.2. The Bertz CT molecular complexity index is 945. The summed E-state index contributed by atoms with van der Waals surface area (Å²) in [4.78, 5) is 12.8. The second-order valence-corrected chi connectivity index (χ2v) is 9.98. The van der Waals surface area contributed by atoms with Gasteiger partial charge in [0.15, 0.2) is 0 Å². The molecule has 1 amide bonds. The molecular weight excluding hydrogens is 400 g/mol. The molecule has 28 heavy (non-hydrogen) atoms. The van der Waals surface area contributed by atoms with Crippen LogP contribution < -0.4 is 10.1 Å². The fraction of sp³-hybridized carbons (Fsp3) is 0.500. The standard InChI is InChI=1S/C18H26N4O4S2/c1-7-22(8-2)28(24,25)12-9-10-14(26-6)13(11-12)15(23)19-17-21-20-16(27-17)18(3,4)5/h9-11H,7-8H2,1-6H3,(H,19,21,23). The van der Waals surface area contributed by atoms with Crippen LogP contribution in [0.2, 0.25) is 0 Å². The summed E-state index contributed by atoms with van der Waals surface area (Å²) in [7, 11) is -2.27. The molecule has 0 atom stereocenters. The first-order valence-corrected chi connectivity index (χ1v) is 11.1. The summed E-state index contributed by atoms with van der Waals surface area (Å²) in [5, 5.41) is 11.9. The van der Waals surface area contributed by atoms with Crippen LogP contribution >= 0.6 is 11.3 Å². The minimum Gasteiger partial charge on any atom is -0.496 e. The number of carbonyl (C=O) groups is 1. The number of rotatable bonds is 7. The van der Waals surface area contributed by atoms with Gasteiger partial charge in [0.1, 0.15) is 10.8 Å². The molecule has 0 fully saturated rings. The quantitative estimate of drug-likeness (QED) is 0.730. The molecule has 1 aromatic heterocycles. The van der Waals surface area contributed by atoms with Crippen molar-refractivity contribution in [2.45, 2.75) is 44.9 Å². The average molecular weight is 427 g/mol. The smallest absolute Gasteiger partial charge is 0.261 e. The van der Waals surface area contributed by atoms with E-state index in [9.17, 15) is 13.2 Å². The summed E-state index contributed by atoms with van der Waals surface area (Å²) in [6, 6.07) is 4.24. The monoisotopic (exact) mass is 426 g/mol. The zero-order chi connectivity index (χ0) is 21.1. The number of hydrogen-bond donors (Lipinski definition) is 1. The van der Waals surface area contributed by atoms with Crippen LogP contribution in [-0.4, -0.2) is 49.0 Å². The van der Waals surface area contributed by atoms with Crippen LogP contribution in [0.25, 0.3) is 0 Å². The lowest BCUT2D eigenvalue weighted by atomic mass is 9.98. The van der Waals surface area contributed by atoms with Crippen molar-refractivity contribution >= 4 is 32.4 Å². The molecule has 0 unspecified atom stereocenters. The minimum atomic E-state index is -3.70. The van der Waals surface area contributed by atoms with Gasteiger partial charge in [-0.05, 0) is 18.2 Å². The van der Waals surface area contributed by atoms with E-state index in [-0.39, 0.29) is 21.6 Å². The highest BCUT2D eigenvalue weighted by Crippen LogP contribution is 2.29. The topological polar surface area (TPSA) is 101 Å². The van der Waals surface area contributed by atoms with Crippen LogP contribution in [-0.2, 0) is 15.4 Å². The zero-order valence-corrected chi connectivity index (χ0v) is 18.6. The van der Waals surface area contributed by atoms with Crippen molar-refractivity contribution in [1.29, 1.82) is 0 Å². The summed E-state index contributed by atoms with van der Waals surface area (Å²) in [5.41, 5.74) is -0.0703. The number of benzene rings is 1. The number of hydrogen-bond acceptors (Lipinski definition) is 7. The molecule has 0 radical (unpaired) electrons. The van der Waals surface area contributed by atoms with Crippen LogP contribution in [0.4, 0.5) is 5.13 Å². The Morgan fingerprint density at radius 2 is 1.86 bits per heavy atom. The number of methoxy groups -OCH3 is 1. The van der Waals surface area contributed by atoms with Crippen LogP contribution in [0.3, 0.4) is 0 Å². The summed E-state index contributed by atoms with van der Waals surface area (Å²) in [5.74, 6) is -0.235. The molecule has 0 saturated heterocycles. The first-order valence-electron chi connectivity index (χ1n) is 8.88. The molecule has 10 heteroatoms. The molecule has 1 heterocycles. The van der Waals surface area contributed by atoms with E-state index in [1.54, 1.807) is 13.8 Å². The van der Waals surface area contributed by atoms with Gasteiger partial charge < -0.3 is 4.74 Å². The first kappa shape index (κ1) is 22.3. The summed E-state index contributed by atoms with van der Waals surface area (Å²) in [6.07, 6.45) is 0. The zero-order valence-electron chi connectivity index (χ0n) is 16.9. The average Bonchev–Trinajstić information content (AvgIpc) is 3.10. The van der Waals surface area contributed by atoms with Crippen molar-refractivity contribution in [1.82, 2.24) is 14.5 Å². The minimum absolute atomic E-state index is 0.0368. The maximum Gasteiger partial charge on any atom is 0.261 e. The maximum absolute atomic E-state index is 12.8. The lowest BCUT2D eigenvalue weighted by Gasteiger charge is -2.19. The van der Waals surface area contributed by atoms with Crippen LogP contribution in [0.5, 0.6) is 5.75 Å². The molecular formula is C18H26N4O4S2. The Labute approximate surface area is 170 Å². The van der Waals surface area contributed by atoms with Gasteiger partial charge in [-0.3, -0.25) is 10.1 Å². The Kier molecular flexibility index (Phi) is 6.79. The van der Waals surface area contributed by atoms with Gasteiger partial charge in [0.05, 0.1) is 17.6 Å². The third-order valence-electron chi connectivity index (χ3n) is 4.05. The molecule has 1 N–H and O–H groups in total. The SMILES string of the molecule is CCN(CC)S(=O)(=O)c1ccc(OC)c(C(=O)Nc2nnc(C(C)(C)C)s2)c1. The summed E-state index contributed by atoms with van der Waals surface area (Å²) >= 11 is 1.28. The molecule has 0 bridgehead atoms. The predicted octanol–water partition coefficient (Wildman–Crippen LogP) is 3.13.